The Hall–Kier alpha value is -0.830. The topological polar surface area (TPSA) is 29.9 Å². The monoisotopic (exact) mass is 235 g/mol. The van der Waals surface area contributed by atoms with Gasteiger partial charge in [0.25, 0.3) is 0 Å². The molecular weight excluding hydrogens is 210 g/mol. The van der Waals surface area contributed by atoms with Crippen LogP contribution in [0.5, 0.6) is 0 Å². The zero-order chi connectivity index (χ0) is 12.3. The van der Waals surface area contributed by atoms with Crippen LogP contribution in [0.2, 0.25) is 0 Å². The van der Waals surface area contributed by atoms with E-state index in [9.17, 15) is 0 Å². The molecule has 1 aromatic heterocycles. The van der Waals surface area contributed by atoms with Crippen molar-refractivity contribution in [1.29, 1.82) is 0 Å². The molecule has 1 N–H and O–H groups in total. The zero-order valence-corrected chi connectivity index (χ0v) is 11.4. The quantitative estimate of drug-likeness (QED) is 0.850. The number of hydrogen-bond acceptors (Lipinski definition) is 2. The van der Waals surface area contributed by atoms with E-state index >= 15 is 0 Å². The lowest BCUT2D eigenvalue weighted by Gasteiger charge is -2.27. The predicted octanol–water partition coefficient (Wildman–Crippen LogP) is 2.79. The number of nitrogens with one attached hydrogen (secondary N) is 1. The summed E-state index contributed by atoms with van der Waals surface area (Å²) in [7, 11) is 1.99. The molecule has 0 saturated heterocycles. The molecule has 3 nitrogen and oxygen atoms in total. The van der Waals surface area contributed by atoms with Crippen molar-refractivity contribution in [3.8, 4) is 0 Å². The second-order valence-corrected chi connectivity index (χ2v) is 5.58. The first-order valence-corrected chi connectivity index (χ1v) is 6.85. The molecule has 1 heterocycles. The number of nitrogens with zero attached hydrogens (tertiary/aromatic N) is 2. The number of aryl methyl sites for hydroxylation is 2. The first-order chi connectivity index (χ1) is 8.15. The normalized spacial score (nSPS) is 18.8. The molecule has 1 aromatic rings. The van der Waals surface area contributed by atoms with Gasteiger partial charge >= 0.3 is 0 Å². The molecule has 0 unspecified atom stereocenters. The number of rotatable bonds is 5. The fourth-order valence-electron chi connectivity index (χ4n) is 3.06. The summed E-state index contributed by atoms with van der Waals surface area (Å²) in [5, 5.41) is 8.01. The van der Waals surface area contributed by atoms with E-state index in [-0.39, 0.29) is 0 Å². The maximum atomic E-state index is 4.38. The third-order valence-corrected chi connectivity index (χ3v) is 4.34. The van der Waals surface area contributed by atoms with E-state index in [0.717, 1.165) is 18.8 Å². The van der Waals surface area contributed by atoms with Gasteiger partial charge in [0.2, 0.25) is 0 Å². The van der Waals surface area contributed by atoms with Gasteiger partial charge in [-0.05, 0) is 31.6 Å². The van der Waals surface area contributed by atoms with E-state index in [4.69, 9.17) is 0 Å². The Balaban J connectivity index is 1.84. The second-order valence-electron chi connectivity index (χ2n) is 5.58. The van der Waals surface area contributed by atoms with Crippen molar-refractivity contribution in [2.24, 2.45) is 12.5 Å². The number of aromatic nitrogens is 2. The summed E-state index contributed by atoms with van der Waals surface area (Å²) in [6.45, 7) is 6.55. The molecule has 3 heteroatoms. The van der Waals surface area contributed by atoms with Crippen molar-refractivity contribution in [2.75, 3.05) is 6.54 Å². The highest BCUT2D eigenvalue weighted by atomic mass is 15.2. The molecule has 1 fully saturated rings. The Kier molecular flexibility index (Phi) is 3.87. The van der Waals surface area contributed by atoms with Crippen LogP contribution >= 0.6 is 0 Å². The van der Waals surface area contributed by atoms with Gasteiger partial charge < -0.3 is 5.32 Å². The Morgan fingerprint density at radius 1 is 1.41 bits per heavy atom. The van der Waals surface area contributed by atoms with Gasteiger partial charge in [-0.15, -0.1) is 0 Å². The van der Waals surface area contributed by atoms with Crippen LogP contribution in [-0.2, 0) is 13.6 Å². The standard InChI is InChI=1S/C14H25N3/c1-4-14(7-5-6-8-14)11-15-9-13-10-17(3)16-12(13)2/h10,15H,4-9,11H2,1-3H3. The van der Waals surface area contributed by atoms with Gasteiger partial charge in [0.05, 0.1) is 5.69 Å². The summed E-state index contributed by atoms with van der Waals surface area (Å²) in [5.74, 6) is 0. The third kappa shape index (κ3) is 2.89. The fourth-order valence-corrected chi connectivity index (χ4v) is 3.06. The Bertz CT molecular complexity index is 362. The minimum atomic E-state index is 0.579. The molecule has 0 aliphatic heterocycles. The number of hydrogen-bond donors (Lipinski definition) is 1. The molecule has 0 aromatic carbocycles. The molecular formula is C14H25N3. The molecule has 0 bridgehead atoms. The minimum absolute atomic E-state index is 0.579. The molecule has 0 radical (unpaired) electrons. The first kappa shape index (κ1) is 12.6. The van der Waals surface area contributed by atoms with E-state index in [2.05, 4.69) is 30.5 Å². The van der Waals surface area contributed by atoms with Gasteiger partial charge in [-0.1, -0.05) is 19.8 Å². The lowest BCUT2D eigenvalue weighted by atomic mass is 9.83. The van der Waals surface area contributed by atoms with Crippen LogP contribution in [0.1, 0.15) is 50.3 Å². The first-order valence-electron chi connectivity index (χ1n) is 6.85. The highest BCUT2D eigenvalue weighted by Gasteiger charge is 2.31. The summed E-state index contributed by atoms with van der Waals surface area (Å²) >= 11 is 0. The van der Waals surface area contributed by atoms with Crippen LogP contribution in [0, 0.1) is 12.3 Å². The zero-order valence-electron chi connectivity index (χ0n) is 11.4. The van der Waals surface area contributed by atoms with Crippen LogP contribution in [0.4, 0.5) is 0 Å². The van der Waals surface area contributed by atoms with Crippen molar-refractivity contribution in [3.63, 3.8) is 0 Å². The molecule has 0 spiro atoms. The average Bonchev–Trinajstić information content (AvgIpc) is 2.88. The molecule has 0 atom stereocenters. The maximum absolute atomic E-state index is 4.38. The van der Waals surface area contributed by atoms with Crippen molar-refractivity contribution >= 4 is 0 Å². The molecule has 17 heavy (non-hydrogen) atoms. The average molecular weight is 235 g/mol. The van der Waals surface area contributed by atoms with Crippen LogP contribution in [0.3, 0.4) is 0 Å². The van der Waals surface area contributed by atoms with Crippen LogP contribution in [-0.4, -0.2) is 16.3 Å². The van der Waals surface area contributed by atoms with Crippen LogP contribution < -0.4 is 5.32 Å². The van der Waals surface area contributed by atoms with Gasteiger partial charge in [0.1, 0.15) is 0 Å². The van der Waals surface area contributed by atoms with Gasteiger partial charge in [0, 0.05) is 31.9 Å². The summed E-state index contributed by atoms with van der Waals surface area (Å²) in [6, 6.07) is 0. The van der Waals surface area contributed by atoms with Crippen LogP contribution in [0.25, 0.3) is 0 Å². The maximum Gasteiger partial charge on any atom is 0.0638 e. The lowest BCUT2D eigenvalue weighted by molar-refractivity contribution is 0.268. The second kappa shape index (κ2) is 5.21. The fraction of sp³-hybridized carbons (Fsp3) is 0.786. The van der Waals surface area contributed by atoms with E-state index in [1.807, 2.05) is 11.7 Å². The smallest absolute Gasteiger partial charge is 0.0638 e. The summed E-state index contributed by atoms with van der Waals surface area (Å²) in [4.78, 5) is 0. The van der Waals surface area contributed by atoms with E-state index < -0.39 is 0 Å². The van der Waals surface area contributed by atoms with E-state index in [0.29, 0.717) is 5.41 Å². The Morgan fingerprint density at radius 2 is 2.12 bits per heavy atom. The summed E-state index contributed by atoms with van der Waals surface area (Å²) in [6.07, 6.45) is 9.08. The Labute approximate surface area is 105 Å². The summed E-state index contributed by atoms with van der Waals surface area (Å²) < 4.78 is 1.90. The SMILES string of the molecule is CCC1(CNCc2cn(C)nc2C)CCCC1. The van der Waals surface area contributed by atoms with Crippen LogP contribution in [0.15, 0.2) is 6.20 Å². The molecule has 2 rings (SSSR count). The highest BCUT2D eigenvalue weighted by Crippen LogP contribution is 2.40. The minimum Gasteiger partial charge on any atom is -0.312 e. The van der Waals surface area contributed by atoms with Gasteiger partial charge in [-0.3, -0.25) is 4.68 Å². The molecule has 1 aliphatic carbocycles. The largest absolute Gasteiger partial charge is 0.312 e. The molecule has 1 saturated carbocycles. The lowest BCUT2D eigenvalue weighted by Crippen LogP contribution is -2.31. The summed E-state index contributed by atoms with van der Waals surface area (Å²) in [5.41, 5.74) is 3.06. The predicted molar refractivity (Wildman–Crippen MR) is 70.8 cm³/mol. The van der Waals surface area contributed by atoms with Gasteiger partial charge in [-0.25, -0.2) is 0 Å². The van der Waals surface area contributed by atoms with E-state index in [1.165, 1.54) is 37.7 Å². The van der Waals surface area contributed by atoms with Crippen molar-refractivity contribution < 1.29 is 0 Å². The molecule has 96 valence electrons. The van der Waals surface area contributed by atoms with Crippen molar-refractivity contribution in [3.05, 3.63) is 17.5 Å². The third-order valence-electron chi connectivity index (χ3n) is 4.34. The van der Waals surface area contributed by atoms with Crippen molar-refractivity contribution in [2.45, 2.75) is 52.5 Å². The Morgan fingerprint density at radius 3 is 2.65 bits per heavy atom. The van der Waals surface area contributed by atoms with Gasteiger partial charge in [0.15, 0.2) is 0 Å². The highest BCUT2D eigenvalue weighted by molar-refractivity contribution is 5.14. The van der Waals surface area contributed by atoms with E-state index in [1.54, 1.807) is 0 Å². The van der Waals surface area contributed by atoms with Gasteiger partial charge in [-0.2, -0.15) is 5.10 Å². The molecule has 0 amide bonds. The molecule has 1 aliphatic rings. The van der Waals surface area contributed by atoms with Crippen molar-refractivity contribution in [1.82, 2.24) is 15.1 Å².